The topological polar surface area (TPSA) is 43.8 Å². The van der Waals surface area contributed by atoms with Crippen molar-refractivity contribution in [2.24, 2.45) is 5.92 Å². The van der Waals surface area contributed by atoms with E-state index in [1.807, 2.05) is 18.7 Å². The van der Waals surface area contributed by atoms with Gasteiger partial charge in [0.1, 0.15) is 0 Å². The summed E-state index contributed by atoms with van der Waals surface area (Å²) in [5.74, 6) is 0.374. The Bertz CT molecular complexity index is 208. The van der Waals surface area contributed by atoms with Crippen LogP contribution in [0.5, 0.6) is 0 Å². The van der Waals surface area contributed by atoms with E-state index in [1.165, 1.54) is 0 Å². The molecular weight excluding hydrogens is 180 g/mol. The number of nitrogens with zero attached hydrogens (tertiary/aromatic N) is 2. The fraction of sp³-hybridized carbons (Fsp3) is 0.900. The summed E-state index contributed by atoms with van der Waals surface area (Å²) in [6.07, 6.45) is -0.285. The molecule has 1 amide bonds. The molecule has 14 heavy (non-hydrogen) atoms. The zero-order chi connectivity index (χ0) is 10.9. The van der Waals surface area contributed by atoms with Gasteiger partial charge in [-0.15, -0.1) is 0 Å². The molecule has 4 heteroatoms. The Morgan fingerprint density at radius 3 is 2.43 bits per heavy atom. The molecule has 0 spiro atoms. The van der Waals surface area contributed by atoms with E-state index in [0.717, 1.165) is 6.54 Å². The Labute approximate surface area is 85.5 Å². The summed E-state index contributed by atoms with van der Waals surface area (Å²) in [5, 5.41) is 9.57. The Hall–Kier alpha value is -0.610. The zero-order valence-corrected chi connectivity index (χ0v) is 9.40. The van der Waals surface area contributed by atoms with E-state index < -0.39 is 0 Å². The van der Waals surface area contributed by atoms with Crippen molar-refractivity contribution in [3.05, 3.63) is 0 Å². The number of β-amino-alcohol motifs (C(OH)–C–C–N with tert-alkyl or cyclic N) is 1. The number of hydrogen-bond acceptors (Lipinski definition) is 3. The van der Waals surface area contributed by atoms with Crippen LogP contribution >= 0.6 is 0 Å². The van der Waals surface area contributed by atoms with E-state index in [9.17, 15) is 9.90 Å². The molecule has 0 aromatic heterocycles. The van der Waals surface area contributed by atoms with Crippen LogP contribution in [0.3, 0.4) is 0 Å². The average molecular weight is 200 g/mol. The van der Waals surface area contributed by atoms with Crippen molar-refractivity contribution in [1.82, 2.24) is 9.80 Å². The number of rotatable bonds is 2. The molecule has 0 radical (unpaired) electrons. The van der Waals surface area contributed by atoms with Crippen LogP contribution in [0, 0.1) is 5.92 Å². The van der Waals surface area contributed by atoms with Gasteiger partial charge < -0.3 is 10.0 Å². The summed E-state index contributed by atoms with van der Waals surface area (Å²) >= 11 is 0. The number of aliphatic hydroxyl groups is 1. The van der Waals surface area contributed by atoms with E-state index >= 15 is 0 Å². The van der Waals surface area contributed by atoms with Gasteiger partial charge in [0.15, 0.2) is 0 Å². The maximum atomic E-state index is 11.6. The lowest BCUT2D eigenvalue weighted by Crippen LogP contribution is -2.43. The fourth-order valence-corrected chi connectivity index (χ4v) is 1.83. The molecule has 1 aliphatic heterocycles. The van der Waals surface area contributed by atoms with Gasteiger partial charge in [-0.1, -0.05) is 6.92 Å². The number of carbonyl (C=O) groups excluding carboxylic acids is 1. The average Bonchev–Trinajstić information content (AvgIpc) is 2.44. The number of likely N-dealkylation sites (tertiary alicyclic amines) is 1. The van der Waals surface area contributed by atoms with Crippen molar-refractivity contribution in [2.75, 3.05) is 27.2 Å². The van der Waals surface area contributed by atoms with E-state index in [0.29, 0.717) is 6.54 Å². The first-order valence-electron chi connectivity index (χ1n) is 5.06. The van der Waals surface area contributed by atoms with Gasteiger partial charge in [0.2, 0.25) is 5.91 Å². The minimum absolute atomic E-state index is 0.103. The van der Waals surface area contributed by atoms with Crippen LogP contribution in [-0.2, 0) is 4.79 Å². The Balaban J connectivity index is 2.55. The van der Waals surface area contributed by atoms with Crippen LogP contribution in [0.2, 0.25) is 0 Å². The molecule has 0 aromatic rings. The monoisotopic (exact) mass is 200 g/mol. The highest BCUT2D eigenvalue weighted by molar-refractivity contribution is 5.80. The molecule has 82 valence electrons. The quantitative estimate of drug-likeness (QED) is 0.670. The van der Waals surface area contributed by atoms with Crippen molar-refractivity contribution in [1.29, 1.82) is 0 Å². The lowest BCUT2D eigenvalue weighted by molar-refractivity contribution is -0.133. The van der Waals surface area contributed by atoms with E-state index in [1.54, 1.807) is 19.0 Å². The van der Waals surface area contributed by atoms with Gasteiger partial charge in [0.05, 0.1) is 12.1 Å². The number of amides is 1. The van der Waals surface area contributed by atoms with Crippen molar-refractivity contribution in [3.63, 3.8) is 0 Å². The molecule has 4 nitrogen and oxygen atoms in total. The molecule has 1 aliphatic rings. The second-order valence-corrected chi connectivity index (χ2v) is 4.41. The SMILES string of the molecule is CC1CN(C(C)C(=O)N(C)C)CC1O. The second-order valence-electron chi connectivity index (χ2n) is 4.41. The maximum absolute atomic E-state index is 11.6. The summed E-state index contributed by atoms with van der Waals surface area (Å²) in [4.78, 5) is 15.3. The van der Waals surface area contributed by atoms with Crippen LogP contribution in [0.25, 0.3) is 0 Å². The standard InChI is InChI=1S/C10H20N2O2/c1-7-5-12(6-9(7)13)8(2)10(14)11(3)4/h7-9,13H,5-6H2,1-4H3. The lowest BCUT2D eigenvalue weighted by atomic mass is 10.1. The minimum Gasteiger partial charge on any atom is -0.391 e. The van der Waals surface area contributed by atoms with Crippen LogP contribution < -0.4 is 0 Å². The number of likely N-dealkylation sites (N-methyl/N-ethyl adjacent to an activating group) is 1. The van der Waals surface area contributed by atoms with Gasteiger partial charge in [0, 0.05) is 27.2 Å². The fourth-order valence-electron chi connectivity index (χ4n) is 1.83. The zero-order valence-electron chi connectivity index (χ0n) is 9.40. The van der Waals surface area contributed by atoms with Gasteiger partial charge >= 0.3 is 0 Å². The van der Waals surface area contributed by atoms with Gasteiger partial charge in [0.25, 0.3) is 0 Å². The number of carbonyl (C=O) groups is 1. The lowest BCUT2D eigenvalue weighted by Gasteiger charge is -2.25. The molecule has 0 aliphatic carbocycles. The molecule has 1 rings (SSSR count). The van der Waals surface area contributed by atoms with Crippen molar-refractivity contribution < 1.29 is 9.90 Å². The molecule has 3 atom stereocenters. The van der Waals surface area contributed by atoms with Gasteiger partial charge in [-0.3, -0.25) is 9.69 Å². The summed E-state index contributed by atoms with van der Waals surface area (Å²) in [6, 6.07) is -0.121. The summed E-state index contributed by atoms with van der Waals surface area (Å²) in [6.45, 7) is 5.33. The molecule has 1 saturated heterocycles. The Kier molecular flexibility index (Phi) is 3.50. The molecular formula is C10H20N2O2. The number of hydrogen-bond donors (Lipinski definition) is 1. The Morgan fingerprint density at radius 1 is 1.50 bits per heavy atom. The third-order valence-electron chi connectivity index (χ3n) is 2.95. The highest BCUT2D eigenvalue weighted by atomic mass is 16.3. The highest BCUT2D eigenvalue weighted by Crippen LogP contribution is 2.18. The first-order chi connectivity index (χ1) is 6.43. The second kappa shape index (κ2) is 4.28. The maximum Gasteiger partial charge on any atom is 0.239 e. The molecule has 3 unspecified atom stereocenters. The van der Waals surface area contributed by atoms with E-state index in [4.69, 9.17) is 0 Å². The molecule has 0 saturated carbocycles. The summed E-state index contributed by atoms with van der Waals surface area (Å²) in [5.41, 5.74) is 0. The molecule has 1 fully saturated rings. The molecule has 0 aromatic carbocycles. The predicted molar refractivity (Wildman–Crippen MR) is 54.9 cm³/mol. The van der Waals surface area contributed by atoms with Crippen LogP contribution in [0.4, 0.5) is 0 Å². The number of aliphatic hydroxyl groups excluding tert-OH is 1. The van der Waals surface area contributed by atoms with Crippen molar-refractivity contribution in [2.45, 2.75) is 26.0 Å². The third kappa shape index (κ3) is 2.25. The normalized spacial score (nSPS) is 30.4. The third-order valence-corrected chi connectivity index (χ3v) is 2.95. The first-order valence-corrected chi connectivity index (χ1v) is 5.06. The van der Waals surface area contributed by atoms with E-state index in [2.05, 4.69) is 0 Å². The predicted octanol–water partition coefficient (Wildman–Crippen LogP) is -0.224. The van der Waals surface area contributed by atoms with Gasteiger partial charge in [-0.2, -0.15) is 0 Å². The van der Waals surface area contributed by atoms with Gasteiger partial charge in [-0.05, 0) is 12.8 Å². The molecule has 0 bridgehead atoms. The Morgan fingerprint density at radius 2 is 2.07 bits per heavy atom. The van der Waals surface area contributed by atoms with Crippen LogP contribution in [0.1, 0.15) is 13.8 Å². The van der Waals surface area contributed by atoms with E-state index in [-0.39, 0.29) is 24.0 Å². The summed E-state index contributed by atoms with van der Waals surface area (Å²) < 4.78 is 0. The van der Waals surface area contributed by atoms with Crippen LogP contribution in [0.15, 0.2) is 0 Å². The molecule has 1 heterocycles. The summed E-state index contributed by atoms with van der Waals surface area (Å²) in [7, 11) is 3.52. The van der Waals surface area contributed by atoms with Crippen molar-refractivity contribution in [3.8, 4) is 0 Å². The molecule has 1 N–H and O–H groups in total. The highest BCUT2D eigenvalue weighted by Gasteiger charge is 2.33. The largest absolute Gasteiger partial charge is 0.391 e. The van der Waals surface area contributed by atoms with Crippen molar-refractivity contribution >= 4 is 5.91 Å². The smallest absolute Gasteiger partial charge is 0.239 e. The van der Waals surface area contributed by atoms with Crippen LogP contribution in [-0.4, -0.2) is 60.1 Å². The first kappa shape index (κ1) is 11.5. The van der Waals surface area contributed by atoms with Gasteiger partial charge in [-0.25, -0.2) is 0 Å². The minimum atomic E-state index is -0.285.